The number of benzene rings is 1. The molecule has 0 saturated carbocycles. The van der Waals surface area contributed by atoms with E-state index in [0.29, 0.717) is 22.8 Å². The molecular formula is C15H17NO4. The molecule has 1 aromatic rings. The van der Waals surface area contributed by atoms with E-state index < -0.39 is 5.97 Å². The molecule has 5 heteroatoms. The highest BCUT2D eigenvalue weighted by atomic mass is 16.7. The second-order valence-corrected chi connectivity index (χ2v) is 4.69. The van der Waals surface area contributed by atoms with Gasteiger partial charge in [0.1, 0.15) is 0 Å². The fourth-order valence-corrected chi connectivity index (χ4v) is 1.81. The van der Waals surface area contributed by atoms with Crippen molar-refractivity contribution in [1.29, 1.82) is 0 Å². The molecule has 0 bridgehead atoms. The van der Waals surface area contributed by atoms with Crippen LogP contribution >= 0.6 is 0 Å². The highest BCUT2D eigenvalue weighted by Gasteiger charge is 2.21. The van der Waals surface area contributed by atoms with Crippen molar-refractivity contribution in [2.75, 3.05) is 7.11 Å². The largest absolute Gasteiger partial charge is 0.493 e. The van der Waals surface area contributed by atoms with Crippen molar-refractivity contribution in [3.63, 3.8) is 0 Å². The van der Waals surface area contributed by atoms with Gasteiger partial charge in [-0.25, -0.2) is 4.79 Å². The molecule has 0 radical (unpaired) electrons. The van der Waals surface area contributed by atoms with Crippen LogP contribution in [-0.4, -0.2) is 24.9 Å². The summed E-state index contributed by atoms with van der Waals surface area (Å²) in [6, 6.07) is 5.48. The first kappa shape index (κ1) is 14.1. The Morgan fingerprint density at radius 1 is 1.30 bits per heavy atom. The Morgan fingerprint density at radius 3 is 2.60 bits per heavy atom. The number of carbonyl (C=O) groups is 1. The summed E-state index contributed by atoms with van der Waals surface area (Å²) in [5, 5.41) is 3.64. The van der Waals surface area contributed by atoms with E-state index in [-0.39, 0.29) is 6.10 Å². The van der Waals surface area contributed by atoms with Gasteiger partial charge >= 0.3 is 5.97 Å². The van der Waals surface area contributed by atoms with E-state index in [1.807, 2.05) is 32.0 Å². The van der Waals surface area contributed by atoms with Gasteiger partial charge < -0.3 is 14.3 Å². The summed E-state index contributed by atoms with van der Waals surface area (Å²) in [7, 11) is 1.58. The molecule has 20 heavy (non-hydrogen) atoms. The van der Waals surface area contributed by atoms with Gasteiger partial charge in [0.05, 0.1) is 24.5 Å². The summed E-state index contributed by atoms with van der Waals surface area (Å²) >= 11 is 0. The van der Waals surface area contributed by atoms with Crippen LogP contribution in [-0.2, 0) is 9.63 Å². The first-order valence-electron chi connectivity index (χ1n) is 6.34. The monoisotopic (exact) mass is 275 g/mol. The SMILES string of the molecule is COc1cc(C=C2C(=O)ON=C2C)ccc1OC(C)C. The van der Waals surface area contributed by atoms with E-state index >= 15 is 0 Å². The van der Waals surface area contributed by atoms with E-state index in [2.05, 4.69) is 9.99 Å². The Kier molecular flexibility index (Phi) is 4.08. The summed E-state index contributed by atoms with van der Waals surface area (Å²) in [5.41, 5.74) is 1.84. The van der Waals surface area contributed by atoms with Crippen molar-refractivity contribution in [3.05, 3.63) is 29.3 Å². The molecule has 1 aromatic carbocycles. The maximum absolute atomic E-state index is 11.5. The van der Waals surface area contributed by atoms with Gasteiger partial charge in [-0.15, -0.1) is 0 Å². The van der Waals surface area contributed by atoms with Gasteiger partial charge in [-0.2, -0.15) is 0 Å². The Bertz CT molecular complexity index is 588. The molecule has 0 aromatic heterocycles. The molecular weight excluding hydrogens is 258 g/mol. The Hall–Kier alpha value is -2.30. The summed E-state index contributed by atoms with van der Waals surface area (Å²) in [6.07, 6.45) is 1.78. The lowest BCUT2D eigenvalue weighted by Crippen LogP contribution is -2.06. The van der Waals surface area contributed by atoms with E-state index in [1.54, 1.807) is 20.1 Å². The second kappa shape index (κ2) is 5.77. The van der Waals surface area contributed by atoms with E-state index in [1.165, 1.54) is 0 Å². The minimum absolute atomic E-state index is 0.0623. The zero-order valence-electron chi connectivity index (χ0n) is 12.0. The van der Waals surface area contributed by atoms with Gasteiger partial charge in [-0.3, -0.25) is 0 Å². The summed E-state index contributed by atoms with van der Waals surface area (Å²) in [5.74, 6) is 0.849. The number of oxime groups is 1. The second-order valence-electron chi connectivity index (χ2n) is 4.69. The lowest BCUT2D eigenvalue weighted by atomic mass is 10.1. The Morgan fingerprint density at radius 2 is 2.05 bits per heavy atom. The molecule has 1 aliphatic heterocycles. The van der Waals surface area contributed by atoms with Crippen molar-refractivity contribution in [2.24, 2.45) is 5.16 Å². The van der Waals surface area contributed by atoms with Gasteiger partial charge in [0.2, 0.25) is 0 Å². The van der Waals surface area contributed by atoms with E-state index in [4.69, 9.17) is 9.47 Å². The number of nitrogens with zero attached hydrogens (tertiary/aromatic N) is 1. The summed E-state index contributed by atoms with van der Waals surface area (Å²) in [4.78, 5) is 16.1. The quantitative estimate of drug-likeness (QED) is 0.626. The third kappa shape index (κ3) is 2.99. The molecule has 2 rings (SSSR count). The van der Waals surface area contributed by atoms with Crippen LogP contribution in [0.5, 0.6) is 11.5 Å². The number of carbonyl (C=O) groups excluding carboxylic acids is 1. The Balaban J connectivity index is 2.33. The van der Waals surface area contributed by atoms with Crippen LogP contribution in [0.4, 0.5) is 0 Å². The zero-order valence-corrected chi connectivity index (χ0v) is 12.0. The van der Waals surface area contributed by atoms with Crippen LogP contribution in [0.15, 0.2) is 28.9 Å². The first-order chi connectivity index (χ1) is 9.51. The topological polar surface area (TPSA) is 57.1 Å². The number of ether oxygens (including phenoxy) is 2. The smallest absolute Gasteiger partial charge is 0.367 e. The molecule has 0 unspecified atom stereocenters. The first-order valence-corrected chi connectivity index (χ1v) is 6.34. The van der Waals surface area contributed by atoms with Gasteiger partial charge in [-0.05, 0) is 44.5 Å². The average Bonchev–Trinajstić information content (AvgIpc) is 2.71. The minimum Gasteiger partial charge on any atom is -0.493 e. The third-order valence-electron chi connectivity index (χ3n) is 2.74. The lowest BCUT2D eigenvalue weighted by molar-refractivity contribution is -0.136. The van der Waals surface area contributed by atoms with Crippen molar-refractivity contribution < 1.29 is 19.1 Å². The van der Waals surface area contributed by atoms with Crippen molar-refractivity contribution in [2.45, 2.75) is 26.9 Å². The van der Waals surface area contributed by atoms with Crippen LogP contribution in [0.1, 0.15) is 26.3 Å². The molecule has 0 atom stereocenters. The van der Waals surface area contributed by atoms with Gasteiger partial charge in [0, 0.05) is 0 Å². The molecule has 0 aliphatic carbocycles. The normalized spacial score (nSPS) is 16.4. The minimum atomic E-state index is -0.441. The van der Waals surface area contributed by atoms with Crippen LogP contribution < -0.4 is 9.47 Å². The highest BCUT2D eigenvalue weighted by molar-refractivity contribution is 6.24. The fourth-order valence-electron chi connectivity index (χ4n) is 1.81. The summed E-state index contributed by atoms with van der Waals surface area (Å²) in [6.45, 7) is 5.62. The molecule has 5 nitrogen and oxygen atoms in total. The molecule has 0 N–H and O–H groups in total. The molecule has 1 heterocycles. The van der Waals surface area contributed by atoms with Crippen LogP contribution in [0.2, 0.25) is 0 Å². The van der Waals surface area contributed by atoms with E-state index in [9.17, 15) is 4.79 Å². The molecule has 0 spiro atoms. The van der Waals surface area contributed by atoms with Crippen LogP contribution in [0, 0.1) is 0 Å². The molecule has 0 fully saturated rings. The number of methoxy groups -OCH3 is 1. The van der Waals surface area contributed by atoms with Crippen LogP contribution in [0.3, 0.4) is 0 Å². The van der Waals surface area contributed by atoms with Crippen LogP contribution in [0.25, 0.3) is 6.08 Å². The Labute approximate surface area is 117 Å². The maximum atomic E-state index is 11.5. The predicted octanol–water partition coefficient (Wildman–Crippen LogP) is 2.80. The standard InChI is InChI=1S/C15H17NO4/c1-9(2)19-13-6-5-11(8-14(13)18-4)7-12-10(3)16-20-15(12)17/h5-9H,1-4H3. The molecule has 106 valence electrons. The van der Waals surface area contributed by atoms with Gasteiger partial charge in [0.25, 0.3) is 0 Å². The van der Waals surface area contributed by atoms with Crippen molar-refractivity contribution >= 4 is 17.8 Å². The zero-order chi connectivity index (χ0) is 14.7. The number of hydrogen-bond donors (Lipinski definition) is 0. The molecule has 0 saturated heterocycles. The van der Waals surface area contributed by atoms with E-state index in [0.717, 1.165) is 5.56 Å². The predicted molar refractivity (Wildman–Crippen MR) is 75.9 cm³/mol. The van der Waals surface area contributed by atoms with Gasteiger partial charge in [0.15, 0.2) is 11.5 Å². The summed E-state index contributed by atoms with van der Waals surface area (Å²) < 4.78 is 10.9. The number of rotatable bonds is 4. The maximum Gasteiger partial charge on any atom is 0.367 e. The molecule has 1 aliphatic rings. The highest BCUT2D eigenvalue weighted by Crippen LogP contribution is 2.30. The fraction of sp³-hybridized carbons (Fsp3) is 0.333. The van der Waals surface area contributed by atoms with Gasteiger partial charge in [-0.1, -0.05) is 11.2 Å². The molecule has 0 amide bonds. The lowest BCUT2D eigenvalue weighted by Gasteiger charge is -2.13. The van der Waals surface area contributed by atoms with Crippen molar-refractivity contribution in [3.8, 4) is 11.5 Å². The van der Waals surface area contributed by atoms with Crippen molar-refractivity contribution in [1.82, 2.24) is 0 Å². The third-order valence-corrected chi connectivity index (χ3v) is 2.74. The average molecular weight is 275 g/mol. The number of hydrogen-bond acceptors (Lipinski definition) is 5.